The van der Waals surface area contributed by atoms with Crippen molar-refractivity contribution in [2.45, 2.75) is 77.0 Å². The van der Waals surface area contributed by atoms with Gasteiger partial charge in [0.1, 0.15) is 5.75 Å². The number of carboxylic acids is 1. The topological polar surface area (TPSA) is 46.5 Å². The average Bonchev–Trinajstić information content (AvgIpc) is 2.53. The van der Waals surface area contributed by atoms with E-state index in [0.717, 1.165) is 54.5 Å². The van der Waals surface area contributed by atoms with E-state index in [0.29, 0.717) is 11.8 Å². The van der Waals surface area contributed by atoms with Crippen LogP contribution in [0.1, 0.15) is 88.3 Å². The summed E-state index contributed by atoms with van der Waals surface area (Å²) in [6.07, 6.45) is 4.60. The number of hydrogen-bond acceptors (Lipinski definition) is 2. The largest absolute Gasteiger partial charge is 0.496 e. The maximum Gasteiger partial charge on any atom is 0.314 e. The first kappa shape index (κ1) is 17.8. The maximum absolute atomic E-state index is 12.2. The lowest BCUT2D eigenvalue weighted by Crippen LogP contribution is -2.38. The van der Waals surface area contributed by atoms with Crippen LogP contribution in [0.15, 0.2) is 12.1 Å². The van der Waals surface area contributed by atoms with Gasteiger partial charge < -0.3 is 9.84 Å². The smallest absolute Gasteiger partial charge is 0.314 e. The third-order valence-electron chi connectivity index (χ3n) is 5.26. The fourth-order valence-electron chi connectivity index (χ4n) is 3.83. The third kappa shape index (κ3) is 3.24. The van der Waals surface area contributed by atoms with Gasteiger partial charge in [-0.25, -0.2) is 0 Å². The van der Waals surface area contributed by atoms with E-state index in [-0.39, 0.29) is 0 Å². The van der Waals surface area contributed by atoms with Gasteiger partial charge in [-0.2, -0.15) is 0 Å². The van der Waals surface area contributed by atoms with Crippen LogP contribution in [-0.2, 0) is 10.2 Å². The highest BCUT2D eigenvalue weighted by Gasteiger charge is 2.42. The lowest BCUT2D eigenvalue weighted by atomic mass is 9.68. The molecule has 0 aromatic heterocycles. The van der Waals surface area contributed by atoms with E-state index in [2.05, 4.69) is 39.8 Å². The van der Waals surface area contributed by atoms with Crippen molar-refractivity contribution in [1.29, 1.82) is 0 Å². The highest BCUT2D eigenvalue weighted by molar-refractivity contribution is 5.82. The van der Waals surface area contributed by atoms with Gasteiger partial charge in [-0.1, -0.05) is 59.1 Å². The average molecular weight is 318 g/mol. The predicted octanol–water partition coefficient (Wildman–Crippen LogP) is 5.23. The Hall–Kier alpha value is -1.51. The summed E-state index contributed by atoms with van der Waals surface area (Å²) in [5, 5.41) is 10.00. The van der Waals surface area contributed by atoms with Gasteiger partial charge in [0.05, 0.1) is 12.5 Å². The highest BCUT2D eigenvalue weighted by atomic mass is 16.5. The van der Waals surface area contributed by atoms with Crippen molar-refractivity contribution in [2.24, 2.45) is 0 Å². The van der Waals surface area contributed by atoms with Crippen LogP contribution >= 0.6 is 0 Å². The fourth-order valence-corrected chi connectivity index (χ4v) is 3.83. The van der Waals surface area contributed by atoms with Gasteiger partial charge in [0.2, 0.25) is 0 Å². The lowest BCUT2D eigenvalue weighted by Gasteiger charge is -2.35. The Labute approximate surface area is 140 Å². The van der Waals surface area contributed by atoms with Crippen molar-refractivity contribution in [3.63, 3.8) is 0 Å². The number of aliphatic carboxylic acids is 1. The second kappa shape index (κ2) is 6.94. The standard InChI is InChI=1S/C20H30O3/c1-13(2)16-11-15(12-17(14(3)4)18(16)23-5)20(19(21)22)9-7-6-8-10-20/h11-14H,6-10H2,1-5H3,(H,21,22). The molecule has 2 rings (SSSR count). The molecule has 128 valence electrons. The second-order valence-corrected chi connectivity index (χ2v) is 7.45. The molecule has 3 heteroatoms. The van der Waals surface area contributed by atoms with Crippen LogP contribution < -0.4 is 4.74 Å². The minimum Gasteiger partial charge on any atom is -0.496 e. The monoisotopic (exact) mass is 318 g/mol. The molecule has 0 heterocycles. The molecule has 1 aromatic rings. The summed E-state index contributed by atoms with van der Waals surface area (Å²) in [4.78, 5) is 12.2. The molecule has 0 atom stereocenters. The van der Waals surface area contributed by atoms with Crippen LogP contribution in [0.5, 0.6) is 5.75 Å². The van der Waals surface area contributed by atoms with Gasteiger partial charge in [0.15, 0.2) is 0 Å². The number of benzene rings is 1. The van der Waals surface area contributed by atoms with Gasteiger partial charge in [0.25, 0.3) is 0 Å². The maximum atomic E-state index is 12.2. The molecule has 23 heavy (non-hydrogen) atoms. The van der Waals surface area contributed by atoms with Gasteiger partial charge in [0, 0.05) is 0 Å². The Morgan fingerprint density at radius 1 is 1.04 bits per heavy atom. The summed E-state index contributed by atoms with van der Waals surface area (Å²) in [7, 11) is 1.71. The Bertz CT molecular complexity index is 537. The molecule has 3 nitrogen and oxygen atoms in total. The van der Waals surface area contributed by atoms with E-state index in [1.54, 1.807) is 7.11 Å². The van der Waals surface area contributed by atoms with Crippen LogP contribution in [0.2, 0.25) is 0 Å². The van der Waals surface area contributed by atoms with Crippen LogP contribution in [0.3, 0.4) is 0 Å². The minimum atomic E-state index is -0.724. The van der Waals surface area contributed by atoms with E-state index in [4.69, 9.17) is 4.74 Å². The molecule has 0 amide bonds. The molecule has 0 unspecified atom stereocenters. The molecule has 1 aliphatic rings. The third-order valence-corrected chi connectivity index (χ3v) is 5.26. The van der Waals surface area contributed by atoms with Crippen LogP contribution in [0.4, 0.5) is 0 Å². The lowest BCUT2D eigenvalue weighted by molar-refractivity contribution is -0.145. The van der Waals surface area contributed by atoms with Gasteiger partial charge in [-0.05, 0) is 41.4 Å². The summed E-state index contributed by atoms with van der Waals surface area (Å²) < 4.78 is 5.69. The zero-order chi connectivity index (χ0) is 17.2. The molecule has 0 saturated heterocycles. The fraction of sp³-hybridized carbons (Fsp3) is 0.650. The second-order valence-electron chi connectivity index (χ2n) is 7.45. The summed E-state index contributed by atoms with van der Waals surface area (Å²) in [5.74, 6) is 0.857. The number of carbonyl (C=O) groups is 1. The molecular weight excluding hydrogens is 288 g/mol. The Morgan fingerprint density at radius 3 is 1.87 bits per heavy atom. The Morgan fingerprint density at radius 2 is 1.52 bits per heavy atom. The van der Waals surface area contributed by atoms with Gasteiger partial charge in [-0.15, -0.1) is 0 Å². The molecular formula is C20H30O3. The molecule has 1 N–H and O–H groups in total. The van der Waals surface area contributed by atoms with E-state index in [1.807, 2.05) is 0 Å². The molecule has 0 radical (unpaired) electrons. The molecule has 1 aliphatic carbocycles. The van der Waals surface area contributed by atoms with Crippen molar-refractivity contribution in [2.75, 3.05) is 7.11 Å². The first-order valence-corrected chi connectivity index (χ1v) is 8.79. The van der Waals surface area contributed by atoms with E-state index >= 15 is 0 Å². The van der Waals surface area contributed by atoms with Crippen LogP contribution in [-0.4, -0.2) is 18.2 Å². The molecule has 0 spiro atoms. The van der Waals surface area contributed by atoms with Crippen LogP contribution in [0, 0.1) is 0 Å². The Balaban J connectivity index is 2.68. The van der Waals surface area contributed by atoms with E-state index < -0.39 is 11.4 Å². The normalized spacial score (nSPS) is 17.5. The zero-order valence-corrected chi connectivity index (χ0v) is 15.1. The first-order chi connectivity index (χ1) is 10.8. The van der Waals surface area contributed by atoms with Crippen molar-refractivity contribution in [3.8, 4) is 5.75 Å². The van der Waals surface area contributed by atoms with Gasteiger partial charge >= 0.3 is 5.97 Å². The number of hydrogen-bond donors (Lipinski definition) is 1. The molecule has 1 fully saturated rings. The minimum absolute atomic E-state index is 0.303. The molecule has 0 aliphatic heterocycles. The van der Waals surface area contributed by atoms with Crippen molar-refractivity contribution in [1.82, 2.24) is 0 Å². The summed E-state index contributed by atoms with van der Waals surface area (Å²) in [5.41, 5.74) is 2.50. The van der Waals surface area contributed by atoms with Gasteiger partial charge in [-0.3, -0.25) is 4.79 Å². The highest BCUT2D eigenvalue weighted by Crippen LogP contribution is 2.44. The first-order valence-electron chi connectivity index (χ1n) is 8.79. The zero-order valence-electron chi connectivity index (χ0n) is 15.1. The molecule has 1 aromatic carbocycles. The number of rotatable bonds is 5. The molecule has 1 saturated carbocycles. The Kier molecular flexibility index (Phi) is 5.38. The van der Waals surface area contributed by atoms with Crippen molar-refractivity contribution >= 4 is 5.97 Å². The summed E-state index contributed by atoms with van der Waals surface area (Å²) in [6, 6.07) is 4.18. The van der Waals surface area contributed by atoms with E-state index in [1.165, 1.54) is 0 Å². The molecule has 0 bridgehead atoms. The number of methoxy groups -OCH3 is 1. The van der Waals surface area contributed by atoms with Crippen molar-refractivity contribution in [3.05, 3.63) is 28.8 Å². The summed E-state index contributed by atoms with van der Waals surface area (Å²) >= 11 is 0. The summed E-state index contributed by atoms with van der Waals surface area (Å²) in [6.45, 7) is 8.56. The number of ether oxygens (including phenoxy) is 1. The van der Waals surface area contributed by atoms with Crippen LogP contribution in [0.25, 0.3) is 0 Å². The van der Waals surface area contributed by atoms with E-state index in [9.17, 15) is 9.90 Å². The van der Waals surface area contributed by atoms with Crippen molar-refractivity contribution < 1.29 is 14.6 Å². The quantitative estimate of drug-likeness (QED) is 0.808. The predicted molar refractivity (Wildman–Crippen MR) is 93.6 cm³/mol. The number of carboxylic acid groups (broad SMARTS) is 1. The SMILES string of the molecule is COc1c(C(C)C)cc(C2(C(=O)O)CCCCC2)cc1C(C)C.